The minimum absolute atomic E-state index is 0.0437. The second-order valence-corrected chi connectivity index (χ2v) is 10.1. The van der Waals surface area contributed by atoms with Crippen LogP contribution < -0.4 is 5.32 Å². The van der Waals surface area contributed by atoms with Crippen LogP contribution in [0, 0.1) is 17.8 Å². The van der Waals surface area contributed by atoms with Gasteiger partial charge in [0.1, 0.15) is 6.10 Å². The van der Waals surface area contributed by atoms with Crippen molar-refractivity contribution in [3.63, 3.8) is 0 Å². The van der Waals surface area contributed by atoms with Gasteiger partial charge in [-0.1, -0.05) is 0 Å². The second kappa shape index (κ2) is 7.62. The van der Waals surface area contributed by atoms with E-state index < -0.39 is 5.60 Å². The van der Waals surface area contributed by atoms with Crippen molar-refractivity contribution in [2.45, 2.75) is 56.3 Å². The molecule has 4 saturated carbocycles. The van der Waals surface area contributed by atoms with Gasteiger partial charge in [-0.15, -0.1) is 0 Å². The maximum atomic E-state index is 12.8. The molecule has 6 rings (SSSR count). The molecule has 4 unspecified atom stereocenters. The fourth-order valence-electron chi connectivity index (χ4n) is 6.32. The van der Waals surface area contributed by atoms with E-state index in [2.05, 4.69) is 15.3 Å². The van der Waals surface area contributed by atoms with Crippen molar-refractivity contribution >= 4 is 17.9 Å². The highest BCUT2D eigenvalue weighted by atomic mass is 16.6. The molecular weight excluding hydrogens is 398 g/mol. The van der Waals surface area contributed by atoms with Crippen LogP contribution in [0.5, 0.6) is 0 Å². The molecular formula is C22H31N5O4. The molecule has 4 aliphatic carbocycles. The second-order valence-electron chi connectivity index (χ2n) is 10.1. The van der Waals surface area contributed by atoms with Crippen molar-refractivity contribution in [3.8, 4) is 0 Å². The number of hydrogen-bond acceptors (Lipinski definition) is 7. The predicted octanol–water partition coefficient (Wildman–Crippen LogP) is 1.74. The summed E-state index contributed by atoms with van der Waals surface area (Å²) in [6.45, 7) is 1.16. The van der Waals surface area contributed by atoms with Gasteiger partial charge in [-0.05, 0) is 56.3 Å². The lowest BCUT2D eigenvalue weighted by Gasteiger charge is -2.57. The predicted molar refractivity (Wildman–Crippen MR) is 112 cm³/mol. The standard InChI is InChI=1S/C22H31N5O4/c1-26(2)19(28)16-10-23-20(24-11-16)25-17-3-4-27(12-17)21(29)31-18-14-5-13-6-15(18)9-22(30,7-13)8-14/h10-11,13-15,17-18,30H,3-9,12H2,1-2H3,(H,23,24,25)/t13?,14-,15?,17+,18?,22?/m0/s1. The zero-order chi connectivity index (χ0) is 21.8. The van der Waals surface area contributed by atoms with Gasteiger partial charge in [0.05, 0.1) is 11.2 Å². The Hall–Kier alpha value is -2.42. The number of hydrogen-bond donors (Lipinski definition) is 2. The molecule has 0 spiro atoms. The third kappa shape index (κ3) is 3.95. The summed E-state index contributed by atoms with van der Waals surface area (Å²) >= 11 is 0. The number of aliphatic hydroxyl groups is 1. The van der Waals surface area contributed by atoms with Gasteiger partial charge in [0.25, 0.3) is 5.91 Å². The summed E-state index contributed by atoms with van der Waals surface area (Å²) in [4.78, 5) is 36.5. The monoisotopic (exact) mass is 429 g/mol. The number of nitrogens with one attached hydrogen (secondary N) is 1. The van der Waals surface area contributed by atoms with Crippen LogP contribution in [0.2, 0.25) is 0 Å². The summed E-state index contributed by atoms with van der Waals surface area (Å²) in [5.74, 6) is 1.50. The summed E-state index contributed by atoms with van der Waals surface area (Å²) in [6, 6.07) is 0.0437. The Balaban J connectivity index is 1.14. The van der Waals surface area contributed by atoms with Crippen molar-refractivity contribution in [2.24, 2.45) is 17.8 Å². The summed E-state index contributed by atoms with van der Waals surface area (Å²) in [5.41, 5.74) is -0.0816. The zero-order valence-electron chi connectivity index (χ0n) is 18.2. The van der Waals surface area contributed by atoms with E-state index in [9.17, 15) is 14.7 Å². The fourth-order valence-corrected chi connectivity index (χ4v) is 6.32. The summed E-state index contributed by atoms with van der Waals surface area (Å²) in [6.07, 6.45) is 8.12. The first-order chi connectivity index (χ1) is 14.8. The highest BCUT2D eigenvalue weighted by molar-refractivity contribution is 5.93. The van der Waals surface area contributed by atoms with Crippen molar-refractivity contribution < 1.29 is 19.4 Å². The lowest BCUT2D eigenvalue weighted by molar-refractivity contribution is -0.177. The molecule has 1 aromatic heterocycles. The Morgan fingerprint density at radius 3 is 2.48 bits per heavy atom. The molecule has 2 N–H and O–H groups in total. The molecule has 1 aliphatic heterocycles. The molecule has 1 saturated heterocycles. The van der Waals surface area contributed by atoms with Crippen molar-refractivity contribution in [1.29, 1.82) is 0 Å². The van der Waals surface area contributed by atoms with E-state index in [0.717, 1.165) is 38.5 Å². The van der Waals surface area contributed by atoms with E-state index in [0.29, 0.717) is 42.4 Å². The molecule has 6 atom stereocenters. The van der Waals surface area contributed by atoms with Gasteiger partial charge in [-0.25, -0.2) is 14.8 Å². The Morgan fingerprint density at radius 2 is 1.87 bits per heavy atom. The lowest BCUT2D eigenvalue weighted by Crippen LogP contribution is -2.58. The summed E-state index contributed by atoms with van der Waals surface area (Å²) in [5, 5.41) is 14.0. The van der Waals surface area contributed by atoms with E-state index in [1.165, 1.54) is 17.3 Å². The first kappa shape index (κ1) is 20.5. The van der Waals surface area contributed by atoms with Crippen molar-refractivity contribution in [2.75, 3.05) is 32.5 Å². The largest absolute Gasteiger partial charge is 0.446 e. The van der Waals surface area contributed by atoms with E-state index in [-0.39, 0.29) is 24.1 Å². The maximum absolute atomic E-state index is 12.8. The van der Waals surface area contributed by atoms with Crippen LogP contribution in [0.25, 0.3) is 0 Å². The van der Waals surface area contributed by atoms with E-state index >= 15 is 0 Å². The van der Waals surface area contributed by atoms with Crippen LogP contribution >= 0.6 is 0 Å². The zero-order valence-corrected chi connectivity index (χ0v) is 18.2. The highest BCUT2D eigenvalue weighted by Crippen LogP contribution is 2.56. The third-order valence-corrected chi connectivity index (χ3v) is 7.48. The molecule has 1 aromatic rings. The molecule has 31 heavy (non-hydrogen) atoms. The lowest BCUT2D eigenvalue weighted by atomic mass is 9.53. The van der Waals surface area contributed by atoms with Crippen LogP contribution in [-0.4, -0.2) is 81.8 Å². The molecule has 2 amide bonds. The minimum Gasteiger partial charge on any atom is -0.446 e. The topological polar surface area (TPSA) is 108 Å². The van der Waals surface area contributed by atoms with Crippen LogP contribution in [0.1, 0.15) is 48.9 Å². The number of likely N-dealkylation sites (tertiary alicyclic amines) is 1. The SMILES string of the molecule is CN(C)C(=O)c1cnc(N[C@@H]2CCN(C(=O)OC3C4CC5C[C@H]3CC(O)(C5)C4)C2)nc1. The van der Waals surface area contributed by atoms with Crippen LogP contribution in [0.4, 0.5) is 10.7 Å². The molecule has 0 radical (unpaired) electrons. The van der Waals surface area contributed by atoms with Gasteiger partial charge in [0.2, 0.25) is 5.95 Å². The molecule has 168 valence electrons. The first-order valence-corrected chi connectivity index (χ1v) is 11.3. The molecule has 0 aromatic carbocycles. The van der Waals surface area contributed by atoms with Gasteiger partial charge in [0, 0.05) is 45.6 Å². The smallest absolute Gasteiger partial charge is 0.410 e. The Bertz CT molecular complexity index is 844. The van der Waals surface area contributed by atoms with Gasteiger partial charge in [-0.2, -0.15) is 0 Å². The van der Waals surface area contributed by atoms with Crippen LogP contribution in [0.3, 0.4) is 0 Å². The molecule has 4 bridgehead atoms. The fraction of sp³-hybridized carbons (Fsp3) is 0.727. The molecule has 5 aliphatic rings. The van der Waals surface area contributed by atoms with E-state index in [1.54, 1.807) is 19.0 Å². The number of ether oxygens (including phenoxy) is 1. The van der Waals surface area contributed by atoms with Crippen molar-refractivity contribution in [3.05, 3.63) is 18.0 Å². The normalized spacial score (nSPS) is 35.8. The van der Waals surface area contributed by atoms with Gasteiger partial charge in [-0.3, -0.25) is 4.79 Å². The number of carbonyl (C=O) groups excluding carboxylic acids is 2. The number of nitrogens with zero attached hydrogens (tertiary/aromatic N) is 4. The number of carbonyl (C=O) groups is 2. The quantitative estimate of drug-likeness (QED) is 0.751. The number of rotatable bonds is 4. The summed E-state index contributed by atoms with van der Waals surface area (Å²) < 4.78 is 5.99. The average Bonchev–Trinajstić information content (AvgIpc) is 3.18. The van der Waals surface area contributed by atoms with Crippen LogP contribution in [-0.2, 0) is 4.74 Å². The maximum Gasteiger partial charge on any atom is 0.410 e. The van der Waals surface area contributed by atoms with Crippen molar-refractivity contribution in [1.82, 2.24) is 19.8 Å². The molecule has 9 nitrogen and oxygen atoms in total. The van der Waals surface area contributed by atoms with Gasteiger partial charge < -0.3 is 25.0 Å². The average molecular weight is 430 g/mol. The highest BCUT2D eigenvalue weighted by Gasteiger charge is 2.56. The molecule has 2 heterocycles. The Morgan fingerprint density at radius 1 is 1.19 bits per heavy atom. The minimum atomic E-state index is -0.519. The number of aromatic nitrogens is 2. The first-order valence-electron chi connectivity index (χ1n) is 11.3. The molecule has 5 fully saturated rings. The number of amides is 2. The van der Waals surface area contributed by atoms with Gasteiger partial charge in [0.15, 0.2) is 0 Å². The van der Waals surface area contributed by atoms with E-state index in [1.807, 2.05) is 0 Å². The third-order valence-electron chi connectivity index (χ3n) is 7.48. The molecule has 9 heteroatoms. The Labute approximate surface area is 182 Å². The number of anilines is 1. The summed E-state index contributed by atoms with van der Waals surface area (Å²) in [7, 11) is 3.37. The van der Waals surface area contributed by atoms with E-state index in [4.69, 9.17) is 4.74 Å². The van der Waals surface area contributed by atoms with Crippen LogP contribution in [0.15, 0.2) is 12.4 Å². The Kier molecular flexibility index (Phi) is 5.03. The van der Waals surface area contributed by atoms with Gasteiger partial charge >= 0.3 is 6.09 Å².